The monoisotopic (exact) mass is 277 g/mol. The van der Waals surface area contributed by atoms with E-state index in [4.69, 9.17) is 5.73 Å². The summed E-state index contributed by atoms with van der Waals surface area (Å²) in [5.74, 6) is 0.169. The average molecular weight is 277 g/mol. The van der Waals surface area contributed by atoms with Crippen LogP contribution in [-0.4, -0.2) is 13.4 Å². The van der Waals surface area contributed by atoms with Crippen molar-refractivity contribution in [1.29, 1.82) is 0 Å². The number of aryl methyl sites for hydroxylation is 2. The zero-order chi connectivity index (χ0) is 14.0. The number of pyridine rings is 1. The minimum absolute atomic E-state index is 0.0956. The number of nitrogens with two attached hydrogens (primary N) is 1. The molecule has 0 saturated heterocycles. The second kappa shape index (κ2) is 4.89. The molecule has 6 heteroatoms. The molecule has 0 bridgehead atoms. The molecule has 0 atom stereocenters. The highest BCUT2D eigenvalue weighted by atomic mass is 32.2. The summed E-state index contributed by atoms with van der Waals surface area (Å²) in [4.78, 5) is 3.87. The lowest BCUT2D eigenvalue weighted by atomic mass is 10.1. The van der Waals surface area contributed by atoms with Crippen LogP contribution in [0.2, 0.25) is 0 Å². The quantitative estimate of drug-likeness (QED) is 0.899. The Kier molecular flexibility index (Phi) is 3.44. The lowest BCUT2D eigenvalue weighted by Crippen LogP contribution is -2.13. The molecule has 1 aromatic carbocycles. The summed E-state index contributed by atoms with van der Waals surface area (Å²) in [5, 5.41) is 0. The van der Waals surface area contributed by atoms with Crippen LogP contribution in [0.25, 0.3) is 0 Å². The van der Waals surface area contributed by atoms with Gasteiger partial charge < -0.3 is 5.73 Å². The van der Waals surface area contributed by atoms with Crippen molar-refractivity contribution in [2.75, 3.05) is 10.5 Å². The summed E-state index contributed by atoms with van der Waals surface area (Å²) in [6, 6.07) is 8.11. The molecule has 0 aliphatic rings. The van der Waals surface area contributed by atoms with Crippen molar-refractivity contribution in [3.8, 4) is 0 Å². The smallest absolute Gasteiger partial charge is 0.262 e. The van der Waals surface area contributed by atoms with Crippen LogP contribution < -0.4 is 10.5 Å². The molecule has 2 rings (SSSR count). The molecule has 3 N–H and O–H groups in total. The molecular formula is C13H15N3O2S. The van der Waals surface area contributed by atoms with E-state index in [-0.39, 0.29) is 10.7 Å². The minimum atomic E-state index is -3.64. The number of nitrogens with one attached hydrogen (secondary N) is 1. The molecule has 2 aromatic rings. The topological polar surface area (TPSA) is 85.1 Å². The van der Waals surface area contributed by atoms with Crippen molar-refractivity contribution in [1.82, 2.24) is 4.98 Å². The summed E-state index contributed by atoms with van der Waals surface area (Å²) in [6.45, 7) is 3.90. The van der Waals surface area contributed by atoms with Gasteiger partial charge in [-0.15, -0.1) is 0 Å². The standard InChI is InChI=1S/C13H15N3O2S/c1-9-3-4-11(7-10(9)2)16-19(17,18)12-5-6-15-13(14)8-12/h3-8,16H,1-2H3,(H2,14,15). The maximum atomic E-state index is 12.2. The van der Waals surface area contributed by atoms with Crippen molar-refractivity contribution in [2.24, 2.45) is 0 Å². The van der Waals surface area contributed by atoms with Gasteiger partial charge in [-0.25, -0.2) is 13.4 Å². The van der Waals surface area contributed by atoms with Crippen molar-refractivity contribution in [2.45, 2.75) is 18.7 Å². The average Bonchev–Trinajstić information content (AvgIpc) is 2.33. The maximum Gasteiger partial charge on any atom is 0.262 e. The van der Waals surface area contributed by atoms with Gasteiger partial charge in [0.15, 0.2) is 0 Å². The van der Waals surface area contributed by atoms with E-state index < -0.39 is 10.0 Å². The number of aromatic nitrogens is 1. The van der Waals surface area contributed by atoms with Gasteiger partial charge in [0.2, 0.25) is 0 Å². The number of sulfonamides is 1. The zero-order valence-corrected chi connectivity index (χ0v) is 11.5. The van der Waals surface area contributed by atoms with Crippen molar-refractivity contribution in [3.63, 3.8) is 0 Å². The first kappa shape index (κ1) is 13.4. The van der Waals surface area contributed by atoms with Crippen LogP contribution in [0.3, 0.4) is 0 Å². The SMILES string of the molecule is Cc1ccc(NS(=O)(=O)c2ccnc(N)c2)cc1C. The Morgan fingerprint density at radius 2 is 1.84 bits per heavy atom. The third-order valence-corrected chi connectivity index (χ3v) is 4.20. The predicted molar refractivity (Wildman–Crippen MR) is 75.4 cm³/mol. The van der Waals surface area contributed by atoms with E-state index in [1.165, 1.54) is 18.3 Å². The molecule has 0 amide bonds. The highest BCUT2D eigenvalue weighted by Gasteiger charge is 2.14. The van der Waals surface area contributed by atoms with E-state index in [9.17, 15) is 8.42 Å². The van der Waals surface area contributed by atoms with Crippen molar-refractivity contribution >= 4 is 21.5 Å². The van der Waals surface area contributed by atoms with Crippen LogP contribution in [0, 0.1) is 13.8 Å². The minimum Gasteiger partial charge on any atom is -0.384 e. The van der Waals surface area contributed by atoms with E-state index >= 15 is 0 Å². The molecular weight excluding hydrogens is 262 g/mol. The van der Waals surface area contributed by atoms with Crippen LogP contribution in [0.15, 0.2) is 41.4 Å². The Labute approximate surface area is 112 Å². The van der Waals surface area contributed by atoms with Gasteiger partial charge in [0, 0.05) is 18.0 Å². The molecule has 0 spiro atoms. The fourth-order valence-corrected chi connectivity index (χ4v) is 2.69. The Hall–Kier alpha value is -2.08. The van der Waals surface area contributed by atoms with Crippen LogP contribution in [-0.2, 0) is 10.0 Å². The number of anilines is 2. The van der Waals surface area contributed by atoms with E-state index in [0.717, 1.165) is 11.1 Å². The van der Waals surface area contributed by atoms with Gasteiger partial charge in [0.05, 0.1) is 4.90 Å². The number of hydrogen-bond donors (Lipinski definition) is 2. The number of nitrogen functional groups attached to an aromatic ring is 1. The summed E-state index contributed by atoms with van der Waals surface area (Å²) in [7, 11) is -3.64. The van der Waals surface area contributed by atoms with E-state index in [1.807, 2.05) is 19.9 Å². The van der Waals surface area contributed by atoms with Gasteiger partial charge in [-0.05, 0) is 43.2 Å². The lowest BCUT2D eigenvalue weighted by Gasteiger charge is -2.10. The van der Waals surface area contributed by atoms with Crippen LogP contribution in [0.4, 0.5) is 11.5 Å². The lowest BCUT2D eigenvalue weighted by molar-refractivity contribution is 0.601. The molecule has 0 aliphatic carbocycles. The highest BCUT2D eigenvalue weighted by molar-refractivity contribution is 7.92. The Morgan fingerprint density at radius 3 is 2.47 bits per heavy atom. The molecule has 0 aliphatic heterocycles. The fraction of sp³-hybridized carbons (Fsp3) is 0.154. The molecule has 0 saturated carbocycles. The second-order valence-electron chi connectivity index (χ2n) is 4.32. The van der Waals surface area contributed by atoms with Gasteiger partial charge in [0.1, 0.15) is 5.82 Å². The Bertz CT molecular complexity index is 712. The molecule has 1 heterocycles. The third kappa shape index (κ3) is 3.03. The van der Waals surface area contributed by atoms with Gasteiger partial charge in [-0.1, -0.05) is 6.07 Å². The number of nitrogens with zero attached hydrogens (tertiary/aromatic N) is 1. The second-order valence-corrected chi connectivity index (χ2v) is 6.00. The van der Waals surface area contributed by atoms with E-state index in [1.54, 1.807) is 12.1 Å². The largest absolute Gasteiger partial charge is 0.384 e. The molecule has 100 valence electrons. The molecule has 19 heavy (non-hydrogen) atoms. The summed E-state index contributed by atoms with van der Waals surface area (Å²) in [5.41, 5.74) is 8.15. The first-order valence-corrected chi connectivity index (χ1v) is 7.18. The summed E-state index contributed by atoms with van der Waals surface area (Å²) < 4.78 is 26.8. The van der Waals surface area contributed by atoms with Crippen LogP contribution >= 0.6 is 0 Å². The van der Waals surface area contributed by atoms with Crippen molar-refractivity contribution < 1.29 is 8.42 Å². The third-order valence-electron chi connectivity index (χ3n) is 2.82. The molecule has 5 nitrogen and oxygen atoms in total. The van der Waals surface area contributed by atoms with Crippen LogP contribution in [0.5, 0.6) is 0 Å². The van der Waals surface area contributed by atoms with Gasteiger partial charge >= 0.3 is 0 Å². The van der Waals surface area contributed by atoms with Gasteiger partial charge in [-0.2, -0.15) is 0 Å². The van der Waals surface area contributed by atoms with Gasteiger partial charge in [0.25, 0.3) is 10.0 Å². The van der Waals surface area contributed by atoms with Crippen molar-refractivity contribution in [3.05, 3.63) is 47.7 Å². The van der Waals surface area contributed by atoms with Crippen LogP contribution in [0.1, 0.15) is 11.1 Å². The normalized spacial score (nSPS) is 11.3. The summed E-state index contributed by atoms with van der Waals surface area (Å²) >= 11 is 0. The Balaban J connectivity index is 2.33. The molecule has 0 unspecified atom stereocenters. The number of rotatable bonds is 3. The Morgan fingerprint density at radius 1 is 1.11 bits per heavy atom. The molecule has 0 radical (unpaired) electrons. The van der Waals surface area contributed by atoms with E-state index in [2.05, 4.69) is 9.71 Å². The molecule has 0 fully saturated rings. The maximum absolute atomic E-state index is 12.2. The van der Waals surface area contributed by atoms with E-state index in [0.29, 0.717) is 5.69 Å². The first-order chi connectivity index (χ1) is 8.88. The first-order valence-electron chi connectivity index (χ1n) is 5.70. The fourth-order valence-electron chi connectivity index (χ4n) is 1.61. The number of hydrogen-bond acceptors (Lipinski definition) is 4. The predicted octanol–water partition coefficient (Wildman–Crippen LogP) is 2.08. The zero-order valence-electron chi connectivity index (χ0n) is 10.7. The van der Waals surface area contributed by atoms with Gasteiger partial charge in [-0.3, -0.25) is 4.72 Å². The molecule has 1 aromatic heterocycles. The number of benzene rings is 1. The summed E-state index contributed by atoms with van der Waals surface area (Å²) in [6.07, 6.45) is 1.37. The highest BCUT2D eigenvalue weighted by Crippen LogP contribution is 2.19.